The minimum absolute atomic E-state index is 0.131. The molecule has 34 heavy (non-hydrogen) atoms. The molecule has 1 saturated heterocycles. The second-order valence-corrected chi connectivity index (χ2v) is 10.5. The predicted octanol–water partition coefficient (Wildman–Crippen LogP) is 4.20. The van der Waals surface area contributed by atoms with Gasteiger partial charge in [-0.05, 0) is 13.3 Å². The van der Waals surface area contributed by atoms with Crippen molar-refractivity contribution in [2.24, 2.45) is 0 Å². The van der Waals surface area contributed by atoms with Crippen molar-refractivity contribution in [3.63, 3.8) is 0 Å². The van der Waals surface area contributed by atoms with Crippen LogP contribution in [-0.2, 0) is 22.9 Å². The molecule has 4 atom stereocenters. The number of H-pyrrole nitrogens is 1. The van der Waals surface area contributed by atoms with Gasteiger partial charge >= 0.3 is 13.5 Å². The molecule has 1 aromatic rings. The number of aliphatic hydroxyl groups excluding tert-OH is 1. The molecule has 0 aromatic carbocycles. The van der Waals surface area contributed by atoms with Crippen LogP contribution in [0.15, 0.2) is 15.8 Å². The standard InChI is InChI=1S/C23H41N2O8P/c1-4-5-6-7-8-9-10-11-12-13-14-31-34(29,30-3)33-19-15-21(32-20(19)17-26)25-16-18(2)22(27)24-23(25)28/h16,19-21,26H,4-15,17H2,1-3H3,(H,24,27,28)/t19-,20+,21+,34?/m0/s1. The fraction of sp³-hybridized carbons (Fsp3) is 0.826. The van der Waals surface area contributed by atoms with Crippen LogP contribution in [0.1, 0.15) is 89.3 Å². The van der Waals surface area contributed by atoms with Gasteiger partial charge in [-0.2, -0.15) is 0 Å². The Balaban J connectivity index is 1.78. The zero-order chi connectivity index (χ0) is 25.0. The van der Waals surface area contributed by atoms with Gasteiger partial charge in [0, 0.05) is 25.3 Å². The number of rotatable bonds is 17. The number of ether oxygens (including phenoxy) is 1. The van der Waals surface area contributed by atoms with Gasteiger partial charge in [-0.3, -0.25) is 27.9 Å². The number of hydrogen-bond donors (Lipinski definition) is 2. The predicted molar refractivity (Wildman–Crippen MR) is 129 cm³/mol. The number of aryl methyl sites for hydroxylation is 1. The van der Waals surface area contributed by atoms with Crippen molar-refractivity contribution >= 4 is 7.82 Å². The lowest BCUT2D eigenvalue weighted by Gasteiger charge is -2.22. The Morgan fingerprint density at radius 2 is 1.74 bits per heavy atom. The lowest BCUT2D eigenvalue weighted by molar-refractivity contribution is -0.0471. The first-order valence-corrected chi connectivity index (χ1v) is 13.9. The highest BCUT2D eigenvalue weighted by Crippen LogP contribution is 2.52. The molecule has 0 spiro atoms. The molecule has 1 aliphatic rings. The Hall–Kier alpha value is -1.29. The number of aromatic amines is 1. The quantitative estimate of drug-likeness (QED) is 0.239. The van der Waals surface area contributed by atoms with Crippen molar-refractivity contribution in [2.75, 3.05) is 20.3 Å². The third kappa shape index (κ3) is 9.06. The van der Waals surface area contributed by atoms with Crippen LogP contribution in [0.2, 0.25) is 0 Å². The SMILES string of the molecule is CCCCCCCCCCCCOP(=O)(OC)O[C@H]1C[C@H](n2cc(C)c(=O)[nH]c2=O)O[C@@H]1CO. The maximum Gasteiger partial charge on any atom is 0.474 e. The third-order valence-electron chi connectivity index (χ3n) is 6.05. The molecule has 2 heterocycles. The van der Waals surface area contributed by atoms with Gasteiger partial charge in [0.1, 0.15) is 18.4 Å². The Morgan fingerprint density at radius 1 is 1.12 bits per heavy atom. The van der Waals surface area contributed by atoms with E-state index in [1.807, 2.05) is 0 Å². The average molecular weight is 505 g/mol. The van der Waals surface area contributed by atoms with E-state index >= 15 is 0 Å². The molecule has 2 rings (SSSR count). The van der Waals surface area contributed by atoms with Crippen molar-refractivity contribution in [1.82, 2.24) is 9.55 Å². The van der Waals surface area contributed by atoms with Crippen molar-refractivity contribution in [3.8, 4) is 0 Å². The zero-order valence-electron chi connectivity index (χ0n) is 20.7. The van der Waals surface area contributed by atoms with E-state index < -0.39 is 44.1 Å². The summed E-state index contributed by atoms with van der Waals surface area (Å²) < 4.78 is 36.0. The molecule has 1 fully saturated rings. The Kier molecular flexibility index (Phi) is 12.7. The van der Waals surface area contributed by atoms with E-state index in [9.17, 15) is 19.3 Å². The minimum Gasteiger partial charge on any atom is -0.394 e. The zero-order valence-corrected chi connectivity index (χ0v) is 21.6. The van der Waals surface area contributed by atoms with Gasteiger partial charge in [0.2, 0.25) is 0 Å². The molecule has 196 valence electrons. The molecule has 1 aliphatic heterocycles. The lowest BCUT2D eigenvalue weighted by atomic mass is 10.1. The molecular formula is C23H41N2O8P. The number of unbranched alkanes of at least 4 members (excludes halogenated alkanes) is 9. The van der Waals surface area contributed by atoms with Crippen LogP contribution in [-0.4, -0.2) is 47.2 Å². The first-order chi connectivity index (χ1) is 16.3. The summed E-state index contributed by atoms with van der Waals surface area (Å²) >= 11 is 0. The van der Waals surface area contributed by atoms with Gasteiger partial charge in [-0.15, -0.1) is 0 Å². The monoisotopic (exact) mass is 504 g/mol. The minimum atomic E-state index is -3.86. The molecule has 0 saturated carbocycles. The molecule has 2 N–H and O–H groups in total. The molecule has 0 radical (unpaired) electrons. The fourth-order valence-corrected chi connectivity index (χ4v) is 5.16. The number of aromatic nitrogens is 2. The lowest BCUT2D eigenvalue weighted by Crippen LogP contribution is -2.33. The van der Waals surface area contributed by atoms with E-state index in [-0.39, 0.29) is 13.0 Å². The van der Waals surface area contributed by atoms with Gasteiger partial charge in [0.25, 0.3) is 5.56 Å². The first kappa shape index (κ1) is 28.9. The number of aliphatic hydroxyl groups is 1. The number of nitrogens with one attached hydrogen (secondary N) is 1. The second-order valence-electron chi connectivity index (χ2n) is 8.81. The normalized spacial score (nSPS) is 22.2. The summed E-state index contributed by atoms with van der Waals surface area (Å²) in [6.45, 7) is 3.62. The van der Waals surface area contributed by atoms with E-state index in [0.29, 0.717) is 5.56 Å². The van der Waals surface area contributed by atoms with Crippen molar-refractivity contribution in [2.45, 2.75) is 103 Å². The van der Waals surface area contributed by atoms with Crippen LogP contribution in [0.25, 0.3) is 0 Å². The highest BCUT2D eigenvalue weighted by atomic mass is 31.2. The van der Waals surface area contributed by atoms with Gasteiger partial charge in [-0.1, -0.05) is 64.7 Å². The molecule has 0 amide bonds. The third-order valence-corrected chi connectivity index (χ3v) is 7.53. The van der Waals surface area contributed by atoms with Crippen molar-refractivity contribution in [3.05, 3.63) is 32.6 Å². The van der Waals surface area contributed by atoms with Crippen LogP contribution >= 0.6 is 7.82 Å². The van der Waals surface area contributed by atoms with Crippen LogP contribution in [0.3, 0.4) is 0 Å². The molecule has 11 heteroatoms. The van der Waals surface area contributed by atoms with E-state index in [0.717, 1.165) is 19.3 Å². The van der Waals surface area contributed by atoms with Crippen LogP contribution in [0.5, 0.6) is 0 Å². The Morgan fingerprint density at radius 3 is 2.32 bits per heavy atom. The first-order valence-electron chi connectivity index (χ1n) is 12.4. The summed E-state index contributed by atoms with van der Waals surface area (Å²) in [5.41, 5.74) is -0.768. The molecule has 10 nitrogen and oxygen atoms in total. The fourth-order valence-electron chi connectivity index (χ4n) is 4.00. The van der Waals surface area contributed by atoms with Gasteiger partial charge in [0.05, 0.1) is 13.2 Å². The van der Waals surface area contributed by atoms with Gasteiger partial charge in [-0.25, -0.2) is 9.36 Å². The highest BCUT2D eigenvalue weighted by Gasteiger charge is 2.42. The van der Waals surface area contributed by atoms with E-state index in [1.54, 1.807) is 6.92 Å². The number of hydrogen-bond acceptors (Lipinski definition) is 8. The number of phosphoric ester groups is 1. The smallest absolute Gasteiger partial charge is 0.394 e. The summed E-state index contributed by atoms with van der Waals surface area (Å²) in [5, 5.41) is 9.69. The summed E-state index contributed by atoms with van der Waals surface area (Å²) in [6.07, 6.45) is 10.8. The van der Waals surface area contributed by atoms with Crippen LogP contribution < -0.4 is 11.2 Å². The molecular weight excluding hydrogens is 463 g/mol. The molecule has 0 bridgehead atoms. The number of nitrogens with zero attached hydrogens (tertiary/aromatic N) is 1. The van der Waals surface area contributed by atoms with Crippen molar-refractivity contribution in [1.29, 1.82) is 0 Å². The van der Waals surface area contributed by atoms with Crippen molar-refractivity contribution < 1.29 is 28.0 Å². The summed E-state index contributed by atoms with van der Waals surface area (Å²) in [4.78, 5) is 26.0. The Bertz CT molecular complexity index is 886. The maximum atomic E-state index is 12.9. The Labute approximate surface area is 201 Å². The highest BCUT2D eigenvalue weighted by molar-refractivity contribution is 7.48. The largest absolute Gasteiger partial charge is 0.474 e. The van der Waals surface area contributed by atoms with E-state index in [4.69, 9.17) is 18.3 Å². The van der Waals surface area contributed by atoms with Crippen LogP contribution in [0.4, 0.5) is 0 Å². The summed E-state index contributed by atoms with van der Waals surface area (Å²) in [5.74, 6) is 0. The summed E-state index contributed by atoms with van der Waals surface area (Å²) in [6, 6.07) is 0. The average Bonchev–Trinajstić information content (AvgIpc) is 3.22. The topological polar surface area (TPSA) is 129 Å². The van der Waals surface area contributed by atoms with Gasteiger partial charge < -0.3 is 9.84 Å². The molecule has 1 unspecified atom stereocenters. The number of phosphoric acid groups is 1. The maximum absolute atomic E-state index is 12.9. The van der Waals surface area contributed by atoms with Gasteiger partial charge in [0.15, 0.2) is 0 Å². The van der Waals surface area contributed by atoms with E-state index in [1.165, 1.54) is 62.8 Å². The molecule has 1 aromatic heterocycles. The van der Waals surface area contributed by atoms with E-state index in [2.05, 4.69) is 11.9 Å². The summed E-state index contributed by atoms with van der Waals surface area (Å²) in [7, 11) is -2.61. The second kappa shape index (κ2) is 15.0. The van der Waals surface area contributed by atoms with Crippen LogP contribution in [0, 0.1) is 6.92 Å². The molecule has 0 aliphatic carbocycles.